The highest BCUT2D eigenvalue weighted by molar-refractivity contribution is 6.31. The SMILES string of the molecule is COc1ccc(C)cc1-c1[nH]c2ccc(Cl)cc2c1CC#N. The van der Waals surface area contributed by atoms with Gasteiger partial charge in [0.15, 0.2) is 0 Å². The van der Waals surface area contributed by atoms with Crippen LogP contribution in [0, 0.1) is 18.3 Å². The first-order chi connectivity index (χ1) is 10.6. The minimum atomic E-state index is 0.312. The number of hydrogen-bond acceptors (Lipinski definition) is 2. The smallest absolute Gasteiger partial charge is 0.128 e. The van der Waals surface area contributed by atoms with Crippen molar-refractivity contribution in [3.05, 3.63) is 52.5 Å². The van der Waals surface area contributed by atoms with Gasteiger partial charge in [-0.25, -0.2) is 0 Å². The van der Waals surface area contributed by atoms with Crippen LogP contribution in [-0.4, -0.2) is 12.1 Å². The maximum absolute atomic E-state index is 9.19. The molecule has 3 nitrogen and oxygen atoms in total. The lowest BCUT2D eigenvalue weighted by Crippen LogP contribution is -1.92. The number of nitrogens with one attached hydrogen (secondary N) is 1. The molecule has 22 heavy (non-hydrogen) atoms. The summed E-state index contributed by atoms with van der Waals surface area (Å²) in [5, 5.41) is 10.8. The van der Waals surface area contributed by atoms with Crippen molar-refractivity contribution in [2.24, 2.45) is 0 Å². The molecule has 0 spiro atoms. The topological polar surface area (TPSA) is 48.8 Å². The van der Waals surface area contributed by atoms with Crippen LogP contribution in [0.25, 0.3) is 22.2 Å². The number of ether oxygens (including phenoxy) is 1. The molecule has 0 radical (unpaired) electrons. The number of nitrogens with zero attached hydrogens (tertiary/aromatic N) is 1. The van der Waals surface area contributed by atoms with Gasteiger partial charge in [-0.2, -0.15) is 5.26 Å². The van der Waals surface area contributed by atoms with Gasteiger partial charge >= 0.3 is 0 Å². The largest absolute Gasteiger partial charge is 0.496 e. The molecule has 2 aromatic carbocycles. The average Bonchev–Trinajstić information content (AvgIpc) is 2.86. The van der Waals surface area contributed by atoms with Gasteiger partial charge in [0.25, 0.3) is 0 Å². The molecular formula is C18H15ClN2O. The lowest BCUT2D eigenvalue weighted by molar-refractivity contribution is 0.416. The van der Waals surface area contributed by atoms with E-state index in [0.29, 0.717) is 11.4 Å². The van der Waals surface area contributed by atoms with Crippen molar-refractivity contribution in [2.75, 3.05) is 7.11 Å². The molecule has 0 bridgehead atoms. The van der Waals surface area contributed by atoms with Crippen molar-refractivity contribution in [1.82, 2.24) is 4.98 Å². The van der Waals surface area contributed by atoms with Gasteiger partial charge in [0.05, 0.1) is 25.3 Å². The van der Waals surface area contributed by atoms with E-state index >= 15 is 0 Å². The highest BCUT2D eigenvalue weighted by Gasteiger charge is 2.16. The first kappa shape index (κ1) is 14.5. The van der Waals surface area contributed by atoms with Gasteiger partial charge in [-0.1, -0.05) is 23.2 Å². The lowest BCUT2D eigenvalue weighted by Gasteiger charge is -2.09. The summed E-state index contributed by atoms with van der Waals surface area (Å²) in [6.07, 6.45) is 0.312. The van der Waals surface area contributed by atoms with Crippen molar-refractivity contribution in [1.29, 1.82) is 5.26 Å². The van der Waals surface area contributed by atoms with Crippen LogP contribution in [0.3, 0.4) is 0 Å². The molecule has 1 heterocycles. The fraction of sp³-hybridized carbons (Fsp3) is 0.167. The quantitative estimate of drug-likeness (QED) is 0.750. The number of hydrogen-bond donors (Lipinski definition) is 1. The van der Waals surface area contributed by atoms with Crippen LogP contribution >= 0.6 is 11.6 Å². The van der Waals surface area contributed by atoms with E-state index in [2.05, 4.69) is 17.1 Å². The minimum absolute atomic E-state index is 0.312. The van der Waals surface area contributed by atoms with Gasteiger partial charge < -0.3 is 9.72 Å². The van der Waals surface area contributed by atoms with Gasteiger partial charge in [0.2, 0.25) is 0 Å². The number of rotatable bonds is 3. The number of aromatic amines is 1. The van der Waals surface area contributed by atoms with Gasteiger partial charge in [-0.15, -0.1) is 0 Å². The maximum Gasteiger partial charge on any atom is 0.128 e. The van der Waals surface area contributed by atoms with E-state index in [1.165, 1.54) is 0 Å². The molecule has 0 fully saturated rings. The number of nitriles is 1. The van der Waals surface area contributed by atoms with Crippen LogP contribution in [-0.2, 0) is 6.42 Å². The number of aromatic nitrogens is 1. The van der Waals surface area contributed by atoms with Crippen LogP contribution in [0.1, 0.15) is 11.1 Å². The second-order valence-electron chi connectivity index (χ2n) is 5.21. The molecule has 0 aliphatic rings. The standard InChI is InChI=1S/C18H15ClN2O/c1-11-3-6-17(22-2)15(9-11)18-13(7-8-20)14-10-12(19)4-5-16(14)21-18/h3-6,9-10,21H,7H2,1-2H3. The molecule has 0 amide bonds. The summed E-state index contributed by atoms with van der Waals surface area (Å²) in [4.78, 5) is 3.40. The summed E-state index contributed by atoms with van der Waals surface area (Å²) < 4.78 is 5.48. The molecule has 0 aliphatic carbocycles. The lowest BCUT2D eigenvalue weighted by atomic mass is 10.0. The van der Waals surface area contributed by atoms with Crippen molar-refractivity contribution < 1.29 is 4.74 Å². The number of benzene rings is 2. The van der Waals surface area contributed by atoms with Crippen LogP contribution in [0.2, 0.25) is 5.02 Å². The highest BCUT2D eigenvalue weighted by Crippen LogP contribution is 2.37. The number of fused-ring (bicyclic) bond motifs is 1. The summed E-state index contributed by atoms with van der Waals surface area (Å²) >= 11 is 6.11. The number of halogens is 1. The van der Waals surface area contributed by atoms with Crippen molar-refractivity contribution in [3.63, 3.8) is 0 Å². The predicted octanol–water partition coefficient (Wildman–Crippen LogP) is 4.87. The molecule has 0 saturated heterocycles. The molecule has 110 valence electrons. The summed E-state index contributed by atoms with van der Waals surface area (Å²) in [5.41, 5.74) is 4.92. The normalized spacial score (nSPS) is 10.6. The van der Waals surface area contributed by atoms with E-state index in [9.17, 15) is 5.26 Å². The summed E-state index contributed by atoms with van der Waals surface area (Å²) in [6.45, 7) is 2.03. The molecule has 0 atom stereocenters. The Kier molecular flexibility index (Phi) is 3.79. The third-order valence-electron chi connectivity index (χ3n) is 3.75. The molecule has 3 aromatic rings. The minimum Gasteiger partial charge on any atom is -0.496 e. The zero-order chi connectivity index (χ0) is 15.7. The Morgan fingerprint density at radius 1 is 1.23 bits per heavy atom. The Balaban J connectivity index is 2.33. The first-order valence-electron chi connectivity index (χ1n) is 6.96. The Bertz CT molecular complexity index is 890. The molecular weight excluding hydrogens is 296 g/mol. The molecule has 0 saturated carbocycles. The predicted molar refractivity (Wildman–Crippen MR) is 89.4 cm³/mol. The van der Waals surface area contributed by atoms with Crippen molar-refractivity contribution in [3.8, 4) is 23.1 Å². The molecule has 4 heteroatoms. The second-order valence-corrected chi connectivity index (χ2v) is 5.64. The average molecular weight is 311 g/mol. The van der Waals surface area contributed by atoms with E-state index in [4.69, 9.17) is 16.3 Å². The number of aryl methyl sites for hydroxylation is 1. The van der Waals surface area contributed by atoms with Crippen LogP contribution in [0.15, 0.2) is 36.4 Å². The van der Waals surface area contributed by atoms with Gasteiger partial charge in [-0.05, 0) is 42.8 Å². The first-order valence-corrected chi connectivity index (χ1v) is 7.34. The van der Waals surface area contributed by atoms with Crippen LogP contribution < -0.4 is 4.74 Å². The zero-order valence-electron chi connectivity index (χ0n) is 12.4. The third kappa shape index (κ3) is 2.43. The van der Waals surface area contributed by atoms with E-state index in [0.717, 1.165) is 39.0 Å². The molecule has 3 rings (SSSR count). The number of methoxy groups -OCH3 is 1. The Labute approximate surface area is 134 Å². The Morgan fingerprint density at radius 3 is 2.77 bits per heavy atom. The Hall–Kier alpha value is -2.44. The van der Waals surface area contributed by atoms with Crippen molar-refractivity contribution >= 4 is 22.5 Å². The van der Waals surface area contributed by atoms with E-state index < -0.39 is 0 Å². The summed E-state index contributed by atoms with van der Waals surface area (Å²) in [5.74, 6) is 0.780. The van der Waals surface area contributed by atoms with Crippen LogP contribution in [0.4, 0.5) is 0 Å². The van der Waals surface area contributed by atoms with E-state index in [1.807, 2.05) is 37.3 Å². The maximum atomic E-state index is 9.19. The zero-order valence-corrected chi connectivity index (χ0v) is 13.2. The molecule has 0 aliphatic heterocycles. The van der Waals surface area contributed by atoms with Gasteiger partial charge in [0.1, 0.15) is 5.75 Å². The highest BCUT2D eigenvalue weighted by atomic mass is 35.5. The summed E-state index contributed by atoms with van der Waals surface area (Å²) in [7, 11) is 1.65. The molecule has 1 N–H and O–H groups in total. The number of H-pyrrole nitrogens is 1. The fourth-order valence-corrected chi connectivity index (χ4v) is 2.90. The van der Waals surface area contributed by atoms with E-state index in [-0.39, 0.29) is 0 Å². The molecule has 0 unspecified atom stereocenters. The van der Waals surface area contributed by atoms with Gasteiger partial charge in [0, 0.05) is 21.5 Å². The van der Waals surface area contributed by atoms with E-state index in [1.54, 1.807) is 7.11 Å². The second kappa shape index (κ2) is 5.75. The van der Waals surface area contributed by atoms with Crippen LogP contribution in [0.5, 0.6) is 5.75 Å². The third-order valence-corrected chi connectivity index (χ3v) is 3.98. The Morgan fingerprint density at radius 2 is 2.05 bits per heavy atom. The fourth-order valence-electron chi connectivity index (χ4n) is 2.73. The molecule has 1 aromatic heterocycles. The van der Waals surface area contributed by atoms with Gasteiger partial charge in [-0.3, -0.25) is 0 Å². The monoisotopic (exact) mass is 310 g/mol. The summed E-state index contributed by atoms with van der Waals surface area (Å²) in [6, 6.07) is 13.9. The van der Waals surface area contributed by atoms with Crippen molar-refractivity contribution in [2.45, 2.75) is 13.3 Å².